The Hall–Kier alpha value is -2.63. The average molecular weight is 1140 g/mol. The van der Waals surface area contributed by atoms with Gasteiger partial charge in [0.15, 0.2) is 6.10 Å². The van der Waals surface area contributed by atoms with Crippen LogP contribution in [0.4, 0.5) is 0 Å². The first-order valence-corrected chi connectivity index (χ1v) is 36.1. The molecule has 0 aromatic heterocycles. The fraction of sp³-hybridized carbons (Fsp3) is 0.853. The zero-order valence-electron chi connectivity index (χ0n) is 54.6. The summed E-state index contributed by atoms with van der Waals surface area (Å²) in [5.74, 6) is -0.860. The van der Waals surface area contributed by atoms with Crippen LogP contribution in [0.15, 0.2) is 48.6 Å². The third kappa shape index (κ3) is 68.0. The summed E-state index contributed by atoms with van der Waals surface area (Å²) in [4.78, 5) is 38.4. The van der Waals surface area contributed by atoms with Gasteiger partial charge in [0.25, 0.3) is 0 Å². The average Bonchev–Trinajstić information content (AvgIpc) is 3.46. The molecule has 0 heterocycles. The minimum atomic E-state index is -0.779. The Balaban J connectivity index is 4.22. The lowest BCUT2D eigenvalue weighted by atomic mass is 10.0. The predicted molar refractivity (Wildman–Crippen MR) is 353 cm³/mol. The molecule has 0 aliphatic rings. The molecule has 0 spiro atoms. The second-order valence-electron chi connectivity index (χ2n) is 24.5. The second-order valence-corrected chi connectivity index (χ2v) is 24.5. The van der Waals surface area contributed by atoms with Crippen molar-refractivity contribution in [3.05, 3.63) is 48.6 Å². The van der Waals surface area contributed by atoms with Crippen LogP contribution in [0, 0.1) is 0 Å². The van der Waals surface area contributed by atoms with Crippen LogP contribution in [-0.4, -0.2) is 37.2 Å². The van der Waals surface area contributed by atoms with Crippen LogP contribution in [0.1, 0.15) is 393 Å². The van der Waals surface area contributed by atoms with Crippen molar-refractivity contribution in [1.29, 1.82) is 0 Å². The summed E-state index contributed by atoms with van der Waals surface area (Å²) in [5, 5.41) is 0. The number of allylic oxidation sites excluding steroid dienone is 8. The molecule has 6 nitrogen and oxygen atoms in total. The highest BCUT2D eigenvalue weighted by Gasteiger charge is 2.19. The van der Waals surface area contributed by atoms with E-state index in [0.717, 1.165) is 77.0 Å². The topological polar surface area (TPSA) is 78.9 Å². The summed E-state index contributed by atoms with van der Waals surface area (Å²) >= 11 is 0. The molecule has 0 radical (unpaired) electrons. The van der Waals surface area contributed by atoms with E-state index in [4.69, 9.17) is 14.2 Å². The lowest BCUT2D eigenvalue weighted by Gasteiger charge is -2.18. The van der Waals surface area contributed by atoms with Crippen LogP contribution in [0.5, 0.6) is 0 Å². The smallest absolute Gasteiger partial charge is 0.306 e. The Morgan fingerprint density at radius 3 is 0.704 bits per heavy atom. The summed E-state index contributed by atoms with van der Waals surface area (Å²) in [6, 6.07) is 0. The highest BCUT2D eigenvalue weighted by Crippen LogP contribution is 2.18. The van der Waals surface area contributed by atoms with Crippen LogP contribution < -0.4 is 0 Å². The van der Waals surface area contributed by atoms with E-state index in [1.807, 2.05) is 0 Å². The van der Waals surface area contributed by atoms with Gasteiger partial charge in [-0.3, -0.25) is 14.4 Å². The van der Waals surface area contributed by atoms with Crippen molar-refractivity contribution in [1.82, 2.24) is 0 Å². The number of carbonyl (C=O) groups is 3. The summed E-state index contributed by atoms with van der Waals surface area (Å²) < 4.78 is 17.0. The largest absolute Gasteiger partial charge is 0.462 e. The van der Waals surface area contributed by atoms with E-state index in [2.05, 4.69) is 69.4 Å². The maximum atomic E-state index is 12.9. The first-order chi connectivity index (χ1) is 40.0. The Morgan fingerprint density at radius 2 is 0.444 bits per heavy atom. The number of hydrogen-bond acceptors (Lipinski definition) is 6. The van der Waals surface area contributed by atoms with E-state index in [9.17, 15) is 14.4 Å². The van der Waals surface area contributed by atoms with Gasteiger partial charge in [-0.1, -0.05) is 339 Å². The third-order valence-electron chi connectivity index (χ3n) is 16.3. The SMILES string of the molecule is CCCCCCC/C=C\C/C=C\C/C=C\CCCCCCCCC(=O)OC(COC(=O)CCCCCCCCCCCCCCC)COC(=O)CCCCCCCCCCCCCCCCCCC/C=C\CCCCCCCCCC. The highest BCUT2D eigenvalue weighted by molar-refractivity contribution is 5.71. The van der Waals surface area contributed by atoms with Crippen molar-refractivity contribution in [2.75, 3.05) is 13.2 Å². The van der Waals surface area contributed by atoms with Gasteiger partial charge in [0, 0.05) is 19.3 Å². The van der Waals surface area contributed by atoms with Crippen molar-refractivity contribution < 1.29 is 28.6 Å². The van der Waals surface area contributed by atoms with Crippen molar-refractivity contribution in [2.45, 2.75) is 399 Å². The molecule has 0 bridgehead atoms. The van der Waals surface area contributed by atoms with Crippen molar-refractivity contribution in [3.8, 4) is 0 Å². The maximum Gasteiger partial charge on any atom is 0.306 e. The first kappa shape index (κ1) is 78.4. The highest BCUT2D eigenvalue weighted by atomic mass is 16.6. The normalized spacial score (nSPS) is 12.3. The van der Waals surface area contributed by atoms with Crippen molar-refractivity contribution in [3.63, 3.8) is 0 Å². The van der Waals surface area contributed by atoms with Gasteiger partial charge in [0.1, 0.15) is 13.2 Å². The molecular formula is C75H138O6. The fourth-order valence-electron chi connectivity index (χ4n) is 10.9. The maximum absolute atomic E-state index is 12.9. The van der Waals surface area contributed by atoms with Crippen LogP contribution in [0.2, 0.25) is 0 Å². The van der Waals surface area contributed by atoms with Gasteiger partial charge in [0.05, 0.1) is 0 Å². The van der Waals surface area contributed by atoms with Crippen LogP contribution in [-0.2, 0) is 28.6 Å². The van der Waals surface area contributed by atoms with Gasteiger partial charge in [-0.15, -0.1) is 0 Å². The van der Waals surface area contributed by atoms with Crippen molar-refractivity contribution >= 4 is 17.9 Å². The lowest BCUT2D eigenvalue weighted by molar-refractivity contribution is -0.167. The molecule has 81 heavy (non-hydrogen) atoms. The zero-order chi connectivity index (χ0) is 58.5. The number of unbranched alkanes of at least 4 members (excludes halogenated alkanes) is 48. The Kier molecular flexibility index (Phi) is 67.6. The molecule has 6 heteroatoms. The van der Waals surface area contributed by atoms with Crippen LogP contribution >= 0.6 is 0 Å². The zero-order valence-corrected chi connectivity index (χ0v) is 54.6. The molecule has 0 fully saturated rings. The second kappa shape index (κ2) is 69.9. The molecule has 0 rings (SSSR count). The number of carbonyl (C=O) groups excluding carboxylic acids is 3. The molecule has 0 amide bonds. The van der Waals surface area contributed by atoms with Gasteiger partial charge < -0.3 is 14.2 Å². The molecule has 1 unspecified atom stereocenters. The number of ether oxygens (including phenoxy) is 3. The monoisotopic (exact) mass is 1140 g/mol. The van der Waals surface area contributed by atoms with Gasteiger partial charge in [-0.05, 0) is 83.5 Å². The van der Waals surface area contributed by atoms with E-state index in [0.29, 0.717) is 19.3 Å². The fourth-order valence-corrected chi connectivity index (χ4v) is 10.9. The van der Waals surface area contributed by atoms with E-state index in [1.165, 1.54) is 276 Å². The molecule has 0 aromatic carbocycles. The van der Waals surface area contributed by atoms with Gasteiger partial charge in [-0.25, -0.2) is 0 Å². The van der Waals surface area contributed by atoms with E-state index < -0.39 is 6.10 Å². The molecular weight excluding hydrogens is 997 g/mol. The van der Waals surface area contributed by atoms with Crippen LogP contribution in [0.3, 0.4) is 0 Å². The lowest BCUT2D eigenvalue weighted by Crippen LogP contribution is -2.30. The molecule has 0 saturated carbocycles. The van der Waals surface area contributed by atoms with E-state index in [-0.39, 0.29) is 31.1 Å². The summed E-state index contributed by atoms with van der Waals surface area (Å²) in [6.07, 6.45) is 88.6. The molecule has 0 aromatic rings. The summed E-state index contributed by atoms with van der Waals surface area (Å²) in [5.41, 5.74) is 0. The number of rotatable bonds is 67. The molecule has 1 atom stereocenters. The minimum absolute atomic E-state index is 0.0737. The molecule has 0 aliphatic carbocycles. The first-order valence-electron chi connectivity index (χ1n) is 36.1. The Bertz CT molecular complexity index is 1400. The van der Waals surface area contributed by atoms with Gasteiger partial charge >= 0.3 is 17.9 Å². The Labute approximate surface area is 505 Å². The van der Waals surface area contributed by atoms with Gasteiger partial charge in [0.2, 0.25) is 0 Å². The van der Waals surface area contributed by atoms with E-state index in [1.54, 1.807) is 0 Å². The molecule has 474 valence electrons. The standard InChI is InChI=1S/C75H138O6/c1-4-7-10-13-16-19-22-25-27-29-31-33-34-35-36-37-38-39-40-42-43-45-47-50-53-56-59-62-65-68-74(77)80-71-72(70-79-73(76)67-64-61-58-55-52-49-24-21-18-15-12-9-6-3)81-75(78)69-66-63-60-57-54-51-48-46-44-41-32-30-28-26-23-20-17-14-11-8-5-2/h23,26,29-32,44,46,72H,4-22,24-25,27-28,33-43,45,47-71H2,1-3H3/b26-23-,31-29-,32-30-,46-44-. The number of hydrogen-bond donors (Lipinski definition) is 0. The molecule has 0 aliphatic heterocycles. The van der Waals surface area contributed by atoms with Crippen LogP contribution in [0.25, 0.3) is 0 Å². The summed E-state index contributed by atoms with van der Waals surface area (Å²) in [6.45, 7) is 6.68. The van der Waals surface area contributed by atoms with Crippen molar-refractivity contribution in [2.24, 2.45) is 0 Å². The minimum Gasteiger partial charge on any atom is -0.462 e. The third-order valence-corrected chi connectivity index (χ3v) is 16.3. The van der Waals surface area contributed by atoms with Gasteiger partial charge in [-0.2, -0.15) is 0 Å². The predicted octanol–water partition coefficient (Wildman–Crippen LogP) is 24.9. The van der Waals surface area contributed by atoms with E-state index >= 15 is 0 Å². The molecule has 0 saturated heterocycles. The quantitative estimate of drug-likeness (QED) is 0.0261. The Morgan fingerprint density at radius 1 is 0.247 bits per heavy atom. The summed E-state index contributed by atoms with van der Waals surface area (Å²) in [7, 11) is 0. The number of esters is 3. The molecule has 0 N–H and O–H groups in total.